The summed E-state index contributed by atoms with van der Waals surface area (Å²) in [6, 6.07) is 1.28. The topological polar surface area (TPSA) is 59.8 Å². The molecular formula is C13H11F3N4O. The fourth-order valence-electron chi connectivity index (χ4n) is 2.26. The second-order valence-corrected chi connectivity index (χ2v) is 4.76. The fraction of sp³-hybridized carbons (Fsp3) is 0.308. The van der Waals surface area contributed by atoms with Crippen LogP contribution in [0.5, 0.6) is 0 Å². The molecule has 1 aliphatic rings. The van der Waals surface area contributed by atoms with E-state index in [1.807, 2.05) is 0 Å². The van der Waals surface area contributed by atoms with Gasteiger partial charge in [0.15, 0.2) is 17.5 Å². The number of hydrogen-bond donors (Lipinski definition) is 1. The Morgan fingerprint density at radius 2 is 1.86 bits per heavy atom. The van der Waals surface area contributed by atoms with Crippen molar-refractivity contribution in [2.75, 3.05) is 5.32 Å². The normalized spacial score (nSPS) is 13.9. The van der Waals surface area contributed by atoms with Gasteiger partial charge in [0.1, 0.15) is 5.82 Å². The molecule has 0 atom stereocenters. The quantitative estimate of drug-likeness (QED) is 0.865. The lowest BCUT2D eigenvalue weighted by atomic mass is 10.2. The van der Waals surface area contributed by atoms with Crippen molar-refractivity contribution >= 4 is 11.9 Å². The Bertz CT molecular complexity index is 690. The van der Waals surface area contributed by atoms with Crippen LogP contribution >= 0.6 is 0 Å². The van der Waals surface area contributed by atoms with Crippen LogP contribution in [0, 0.1) is 17.5 Å². The molecule has 1 amide bonds. The van der Waals surface area contributed by atoms with Gasteiger partial charge in [-0.2, -0.15) is 0 Å². The first-order chi connectivity index (χ1) is 10.1. The molecular weight excluding hydrogens is 285 g/mol. The van der Waals surface area contributed by atoms with Gasteiger partial charge in [-0.25, -0.2) is 13.2 Å². The SMILES string of the molecule is O=C(Nc1nnc2n1CCCC2)c1cc(F)c(F)c(F)c1. The third-order valence-corrected chi connectivity index (χ3v) is 3.33. The summed E-state index contributed by atoms with van der Waals surface area (Å²) in [5.74, 6) is -4.22. The largest absolute Gasteiger partial charge is 0.297 e. The number of nitrogens with one attached hydrogen (secondary N) is 1. The molecule has 1 aromatic heterocycles. The van der Waals surface area contributed by atoms with Gasteiger partial charge in [-0.05, 0) is 25.0 Å². The summed E-state index contributed by atoms with van der Waals surface area (Å²) < 4.78 is 40.9. The minimum absolute atomic E-state index is 0.222. The lowest BCUT2D eigenvalue weighted by Crippen LogP contribution is -2.19. The second kappa shape index (κ2) is 5.19. The highest BCUT2D eigenvalue weighted by atomic mass is 19.2. The van der Waals surface area contributed by atoms with Gasteiger partial charge in [-0.15, -0.1) is 10.2 Å². The van der Waals surface area contributed by atoms with Crippen molar-refractivity contribution in [3.63, 3.8) is 0 Å². The number of aromatic nitrogens is 3. The summed E-state index contributed by atoms with van der Waals surface area (Å²) in [6.07, 6.45) is 2.71. The summed E-state index contributed by atoms with van der Waals surface area (Å²) in [7, 11) is 0. The van der Waals surface area contributed by atoms with Gasteiger partial charge in [-0.1, -0.05) is 0 Å². The number of aryl methyl sites for hydroxylation is 1. The highest BCUT2D eigenvalue weighted by Crippen LogP contribution is 2.19. The zero-order chi connectivity index (χ0) is 15.0. The van der Waals surface area contributed by atoms with E-state index in [-0.39, 0.29) is 11.5 Å². The standard InChI is InChI=1S/C13H11F3N4O/c14-8-5-7(6-9(15)11(8)16)12(21)17-13-19-18-10-3-1-2-4-20(10)13/h5-6H,1-4H2,(H,17,19,21). The maximum atomic E-state index is 13.1. The molecule has 1 aromatic carbocycles. The van der Waals surface area contributed by atoms with Gasteiger partial charge in [0.25, 0.3) is 5.91 Å². The third kappa shape index (κ3) is 2.48. The molecule has 0 aliphatic carbocycles. The van der Waals surface area contributed by atoms with Crippen molar-refractivity contribution in [3.8, 4) is 0 Å². The van der Waals surface area contributed by atoms with Crippen LogP contribution in [0.1, 0.15) is 29.0 Å². The van der Waals surface area contributed by atoms with Crippen LogP contribution in [-0.4, -0.2) is 20.7 Å². The maximum absolute atomic E-state index is 13.1. The molecule has 2 aromatic rings. The number of rotatable bonds is 2. The minimum Gasteiger partial charge on any atom is -0.297 e. The Morgan fingerprint density at radius 1 is 1.14 bits per heavy atom. The third-order valence-electron chi connectivity index (χ3n) is 3.33. The van der Waals surface area contributed by atoms with Gasteiger partial charge in [0, 0.05) is 18.5 Å². The average molecular weight is 296 g/mol. The zero-order valence-electron chi connectivity index (χ0n) is 10.9. The number of nitrogens with zero attached hydrogens (tertiary/aromatic N) is 3. The summed E-state index contributed by atoms with van der Waals surface area (Å²) in [5.41, 5.74) is -0.320. The Hall–Kier alpha value is -2.38. The molecule has 0 saturated heterocycles. The fourth-order valence-corrected chi connectivity index (χ4v) is 2.26. The van der Waals surface area contributed by atoms with Crippen molar-refractivity contribution < 1.29 is 18.0 Å². The molecule has 2 heterocycles. The molecule has 0 spiro atoms. The lowest BCUT2D eigenvalue weighted by Gasteiger charge is -2.14. The summed E-state index contributed by atoms with van der Waals surface area (Å²) >= 11 is 0. The van der Waals surface area contributed by atoms with Gasteiger partial charge < -0.3 is 0 Å². The molecule has 0 unspecified atom stereocenters. The molecule has 0 radical (unpaired) electrons. The van der Waals surface area contributed by atoms with Gasteiger partial charge >= 0.3 is 0 Å². The van der Waals surface area contributed by atoms with Gasteiger partial charge in [-0.3, -0.25) is 14.7 Å². The first kappa shape index (κ1) is 13.6. The highest BCUT2D eigenvalue weighted by molar-refractivity contribution is 6.03. The number of halogens is 3. The van der Waals surface area contributed by atoms with Crippen LogP contribution in [0.25, 0.3) is 0 Å². The van der Waals surface area contributed by atoms with Crippen LogP contribution in [0.2, 0.25) is 0 Å². The van der Waals surface area contributed by atoms with E-state index in [0.717, 1.165) is 25.1 Å². The Labute approximate surface area is 117 Å². The summed E-state index contributed by atoms with van der Waals surface area (Å²) in [4.78, 5) is 12.0. The molecule has 0 bridgehead atoms. The molecule has 1 N–H and O–H groups in total. The Kier molecular flexibility index (Phi) is 3.36. The number of carbonyl (C=O) groups excluding carboxylic acids is 1. The maximum Gasteiger partial charge on any atom is 0.258 e. The lowest BCUT2D eigenvalue weighted by molar-refractivity contribution is 0.102. The molecule has 3 rings (SSSR count). The van der Waals surface area contributed by atoms with Crippen LogP contribution in [0.4, 0.5) is 19.1 Å². The predicted octanol–water partition coefficient (Wildman–Crippen LogP) is 2.28. The first-order valence-electron chi connectivity index (χ1n) is 6.44. The van der Waals surface area contributed by atoms with Crippen molar-refractivity contribution in [1.29, 1.82) is 0 Å². The van der Waals surface area contributed by atoms with Crippen molar-refractivity contribution in [3.05, 3.63) is 41.0 Å². The predicted molar refractivity (Wildman–Crippen MR) is 67.2 cm³/mol. The van der Waals surface area contributed by atoms with Crippen molar-refractivity contribution in [1.82, 2.24) is 14.8 Å². The number of anilines is 1. The van der Waals surface area contributed by atoms with Crippen LogP contribution in [0.15, 0.2) is 12.1 Å². The monoisotopic (exact) mass is 296 g/mol. The van der Waals surface area contributed by atoms with E-state index >= 15 is 0 Å². The number of amides is 1. The molecule has 8 heteroatoms. The molecule has 0 saturated carbocycles. The smallest absolute Gasteiger partial charge is 0.258 e. The second-order valence-electron chi connectivity index (χ2n) is 4.76. The molecule has 5 nitrogen and oxygen atoms in total. The zero-order valence-corrected chi connectivity index (χ0v) is 10.9. The van der Waals surface area contributed by atoms with E-state index in [1.54, 1.807) is 4.57 Å². The van der Waals surface area contributed by atoms with Crippen molar-refractivity contribution in [2.45, 2.75) is 25.8 Å². The van der Waals surface area contributed by atoms with E-state index in [2.05, 4.69) is 15.5 Å². The van der Waals surface area contributed by atoms with E-state index in [9.17, 15) is 18.0 Å². The average Bonchev–Trinajstić information content (AvgIpc) is 2.87. The van der Waals surface area contributed by atoms with E-state index < -0.39 is 23.4 Å². The Balaban J connectivity index is 1.85. The van der Waals surface area contributed by atoms with Gasteiger partial charge in [0.05, 0.1) is 0 Å². The number of hydrogen-bond acceptors (Lipinski definition) is 3. The van der Waals surface area contributed by atoms with Crippen LogP contribution < -0.4 is 5.32 Å². The first-order valence-corrected chi connectivity index (χ1v) is 6.44. The molecule has 1 aliphatic heterocycles. The number of fused-ring (bicyclic) bond motifs is 1. The Morgan fingerprint density at radius 3 is 2.57 bits per heavy atom. The minimum atomic E-state index is -1.61. The van der Waals surface area contributed by atoms with E-state index in [4.69, 9.17) is 0 Å². The molecule has 0 fully saturated rings. The van der Waals surface area contributed by atoms with Crippen LogP contribution in [0.3, 0.4) is 0 Å². The van der Waals surface area contributed by atoms with Gasteiger partial charge in [0.2, 0.25) is 5.95 Å². The molecule has 110 valence electrons. The van der Waals surface area contributed by atoms with Crippen LogP contribution in [-0.2, 0) is 13.0 Å². The van der Waals surface area contributed by atoms with E-state index in [0.29, 0.717) is 18.7 Å². The number of carbonyl (C=O) groups is 1. The highest BCUT2D eigenvalue weighted by Gasteiger charge is 2.20. The van der Waals surface area contributed by atoms with Crippen molar-refractivity contribution in [2.24, 2.45) is 0 Å². The number of benzene rings is 1. The molecule has 21 heavy (non-hydrogen) atoms. The summed E-state index contributed by atoms with van der Waals surface area (Å²) in [5, 5.41) is 10.2. The summed E-state index contributed by atoms with van der Waals surface area (Å²) in [6.45, 7) is 0.671. The van der Waals surface area contributed by atoms with E-state index in [1.165, 1.54) is 0 Å².